The maximum Gasteiger partial charge on any atom is 0.417 e. The topological polar surface area (TPSA) is 52.6 Å². The lowest BCUT2D eigenvalue weighted by atomic mass is 9.83. The number of benzene rings is 2. The number of likely N-dealkylation sites (tertiary alicyclic amines) is 1. The number of Topliss-reactive ketones (excluding diaryl/α,β-unsaturated/α-hetero) is 1. The van der Waals surface area contributed by atoms with Gasteiger partial charge < -0.3 is 10.4 Å². The smallest absolute Gasteiger partial charge is 0.385 e. The number of hydrogen-bond donors (Lipinski definition) is 2. The second kappa shape index (κ2) is 10.5. The molecular formula is C24H27ClF4N2O2. The molecule has 33 heavy (non-hydrogen) atoms. The maximum atomic E-state index is 14.8. The van der Waals surface area contributed by atoms with Crippen molar-refractivity contribution in [3.8, 4) is 0 Å². The van der Waals surface area contributed by atoms with Crippen LogP contribution in [0.3, 0.4) is 0 Å². The van der Waals surface area contributed by atoms with Crippen molar-refractivity contribution in [3.05, 3.63) is 70.2 Å². The van der Waals surface area contributed by atoms with Gasteiger partial charge in [0.15, 0.2) is 12.0 Å². The highest BCUT2D eigenvalue weighted by Gasteiger charge is 2.40. The highest BCUT2D eigenvalue weighted by atomic mass is 35.5. The Morgan fingerprint density at radius 2 is 1.82 bits per heavy atom. The largest absolute Gasteiger partial charge is 0.417 e. The summed E-state index contributed by atoms with van der Waals surface area (Å²) in [4.78, 5) is 14.4. The summed E-state index contributed by atoms with van der Waals surface area (Å²) in [7, 11) is 0. The third-order valence-corrected chi connectivity index (χ3v) is 6.42. The number of hydrogen-bond acceptors (Lipinski definition) is 4. The number of carbonyl (C=O) groups is 1. The van der Waals surface area contributed by atoms with E-state index in [0.717, 1.165) is 12.1 Å². The van der Waals surface area contributed by atoms with Crippen LogP contribution in [0.2, 0.25) is 5.02 Å². The molecule has 0 aliphatic carbocycles. The molecule has 0 amide bonds. The van der Waals surface area contributed by atoms with E-state index in [-0.39, 0.29) is 24.8 Å². The Labute approximate surface area is 195 Å². The summed E-state index contributed by atoms with van der Waals surface area (Å²) in [6.07, 6.45) is -6.52. The van der Waals surface area contributed by atoms with Crippen molar-refractivity contribution < 1.29 is 27.5 Å². The standard InChI is InChI=1S/C24H27ClF4N2O2/c1-2-30-21(15-20(26)22(32)16-6-4-3-5-7-16)31-12-10-23(33,11-13-31)17-8-9-19(25)18(14-17)24(27,28)29/h3-9,14,20-21,30,33H,2,10-13,15H2,1H3. The summed E-state index contributed by atoms with van der Waals surface area (Å²) < 4.78 is 54.5. The third kappa shape index (κ3) is 6.12. The Hall–Kier alpha value is -2.00. The minimum absolute atomic E-state index is 0.0703. The molecule has 9 heteroatoms. The van der Waals surface area contributed by atoms with E-state index in [0.29, 0.717) is 25.2 Å². The van der Waals surface area contributed by atoms with Gasteiger partial charge in [-0.1, -0.05) is 54.9 Å². The van der Waals surface area contributed by atoms with Crippen LogP contribution in [-0.2, 0) is 11.8 Å². The van der Waals surface area contributed by atoms with Gasteiger partial charge in [-0.2, -0.15) is 13.2 Å². The molecule has 0 radical (unpaired) electrons. The monoisotopic (exact) mass is 486 g/mol. The number of aliphatic hydroxyl groups is 1. The number of nitrogens with zero attached hydrogens (tertiary/aromatic N) is 1. The third-order valence-electron chi connectivity index (χ3n) is 6.09. The van der Waals surface area contributed by atoms with Crippen molar-refractivity contribution >= 4 is 17.4 Å². The molecule has 0 aromatic heterocycles. The lowest BCUT2D eigenvalue weighted by molar-refractivity contribution is -0.137. The van der Waals surface area contributed by atoms with Gasteiger partial charge in [0.05, 0.1) is 22.4 Å². The minimum Gasteiger partial charge on any atom is -0.385 e. The second-order valence-corrected chi connectivity index (χ2v) is 8.67. The average Bonchev–Trinajstić information content (AvgIpc) is 2.78. The fourth-order valence-corrected chi connectivity index (χ4v) is 4.43. The SMILES string of the molecule is CCNC(CC(F)C(=O)c1ccccc1)N1CCC(O)(c2ccc(Cl)c(C(F)(F)F)c2)CC1. The highest BCUT2D eigenvalue weighted by molar-refractivity contribution is 6.31. The molecule has 2 atom stereocenters. The molecule has 0 saturated carbocycles. The van der Waals surface area contributed by atoms with E-state index in [2.05, 4.69) is 5.32 Å². The van der Waals surface area contributed by atoms with Gasteiger partial charge in [-0.3, -0.25) is 9.69 Å². The van der Waals surface area contributed by atoms with Gasteiger partial charge in [0.1, 0.15) is 0 Å². The van der Waals surface area contributed by atoms with Gasteiger partial charge in [-0.15, -0.1) is 0 Å². The van der Waals surface area contributed by atoms with Gasteiger partial charge in [0.2, 0.25) is 0 Å². The van der Waals surface area contributed by atoms with E-state index in [1.807, 2.05) is 11.8 Å². The summed E-state index contributed by atoms with van der Waals surface area (Å²) in [6, 6.07) is 11.7. The number of halogens is 5. The van der Waals surface area contributed by atoms with Crippen LogP contribution in [0.1, 0.15) is 47.7 Å². The first-order valence-electron chi connectivity index (χ1n) is 10.9. The summed E-state index contributed by atoms with van der Waals surface area (Å²) in [5, 5.41) is 13.8. The summed E-state index contributed by atoms with van der Waals surface area (Å²) >= 11 is 5.70. The predicted octanol–water partition coefficient (Wildman–Crippen LogP) is 5.19. The molecule has 1 aliphatic heterocycles. The molecule has 180 valence electrons. The Morgan fingerprint density at radius 1 is 1.18 bits per heavy atom. The molecular weight excluding hydrogens is 460 g/mol. The van der Waals surface area contributed by atoms with Gasteiger partial charge in [-0.05, 0) is 37.1 Å². The van der Waals surface area contributed by atoms with Gasteiger partial charge in [-0.25, -0.2) is 4.39 Å². The number of nitrogens with one attached hydrogen (secondary N) is 1. The predicted molar refractivity (Wildman–Crippen MR) is 119 cm³/mol. The number of ketones is 1. The number of carbonyl (C=O) groups excluding carboxylic acids is 1. The molecule has 3 rings (SSSR count). The van der Waals surface area contributed by atoms with Crippen LogP contribution in [-0.4, -0.2) is 47.8 Å². The summed E-state index contributed by atoms with van der Waals surface area (Å²) in [6.45, 7) is 3.06. The molecule has 4 nitrogen and oxygen atoms in total. The maximum absolute atomic E-state index is 14.8. The summed E-state index contributed by atoms with van der Waals surface area (Å²) in [5.74, 6) is -0.590. The molecule has 1 saturated heterocycles. The van der Waals surface area contributed by atoms with Crippen LogP contribution in [0.5, 0.6) is 0 Å². The normalized spacial score (nSPS) is 18.6. The van der Waals surface area contributed by atoms with Crippen LogP contribution < -0.4 is 5.32 Å². The Kier molecular flexibility index (Phi) is 8.16. The van der Waals surface area contributed by atoms with Crippen molar-refractivity contribution in [1.29, 1.82) is 0 Å². The number of rotatable bonds is 8. The zero-order chi connectivity index (χ0) is 24.2. The minimum atomic E-state index is -4.62. The van der Waals surface area contributed by atoms with E-state index in [1.54, 1.807) is 30.3 Å². The van der Waals surface area contributed by atoms with E-state index >= 15 is 0 Å². The van der Waals surface area contributed by atoms with Gasteiger partial charge in [0.25, 0.3) is 0 Å². The van der Waals surface area contributed by atoms with Gasteiger partial charge >= 0.3 is 6.18 Å². The van der Waals surface area contributed by atoms with E-state index in [1.165, 1.54) is 6.07 Å². The first kappa shape index (κ1) is 25.6. The van der Waals surface area contributed by atoms with Crippen molar-refractivity contribution in [2.75, 3.05) is 19.6 Å². The van der Waals surface area contributed by atoms with Crippen LogP contribution in [0.15, 0.2) is 48.5 Å². The van der Waals surface area contributed by atoms with E-state index in [4.69, 9.17) is 11.6 Å². The molecule has 1 aliphatic rings. The van der Waals surface area contributed by atoms with Crippen LogP contribution >= 0.6 is 11.6 Å². The van der Waals surface area contributed by atoms with Crippen LogP contribution in [0, 0.1) is 0 Å². The van der Waals surface area contributed by atoms with Crippen molar-refractivity contribution in [2.45, 2.75) is 50.3 Å². The second-order valence-electron chi connectivity index (χ2n) is 8.27. The fraction of sp³-hybridized carbons (Fsp3) is 0.458. The van der Waals surface area contributed by atoms with E-state index < -0.39 is 40.5 Å². The van der Waals surface area contributed by atoms with Crippen molar-refractivity contribution in [1.82, 2.24) is 10.2 Å². The van der Waals surface area contributed by atoms with Crippen molar-refractivity contribution in [2.24, 2.45) is 0 Å². The Bertz CT molecular complexity index is 947. The first-order chi connectivity index (χ1) is 15.5. The molecule has 2 unspecified atom stereocenters. The van der Waals surface area contributed by atoms with Crippen molar-refractivity contribution in [3.63, 3.8) is 0 Å². The van der Waals surface area contributed by atoms with Crippen LogP contribution in [0.25, 0.3) is 0 Å². The van der Waals surface area contributed by atoms with Crippen LogP contribution in [0.4, 0.5) is 17.6 Å². The molecule has 0 bridgehead atoms. The molecule has 2 N–H and O–H groups in total. The zero-order valence-electron chi connectivity index (χ0n) is 18.2. The Morgan fingerprint density at radius 3 is 2.39 bits per heavy atom. The lowest BCUT2D eigenvalue weighted by Gasteiger charge is -2.42. The Balaban J connectivity index is 1.69. The first-order valence-corrected chi connectivity index (χ1v) is 11.2. The average molecular weight is 487 g/mol. The summed E-state index contributed by atoms with van der Waals surface area (Å²) in [5.41, 5.74) is -1.98. The molecule has 2 aromatic carbocycles. The number of alkyl halides is 4. The zero-order valence-corrected chi connectivity index (χ0v) is 19.0. The van der Waals surface area contributed by atoms with Gasteiger partial charge in [0, 0.05) is 25.1 Å². The highest BCUT2D eigenvalue weighted by Crippen LogP contribution is 2.40. The molecule has 1 heterocycles. The molecule has 1 fully saturated rings. The molecule has 2 aromatic rings. The quantitative estimate of drug-likeness (QED) is 0.398. The lowest BCUT2D eigenvalue weighted by Crippen LogP contribution is -2.53. The fourth-order valence-electron chi connectivity index (χ4n) is 4.21. The van der Waals surface area contributed by atoms with E-state index in [9.17, 15) is 27.5 Å². The molecule has 0 spiro atoms. The number of piperidine rings is 1.